The van der Waals surface area contributed by atoms with E-state index in [1.54, 1.807) is 0 Å². The van der Waals surface area contributed by atoms with Crippen LogP contribution in [-0.2, 0) is 9.47 Å². The monoisotopic (exact) mass is 321 g/mol. The summed E-state index contributed by atoms with van der Waals surface area (Å²) in [6.45, 7) is 6.99. The van der Waals surface area contributed by atoms with Crippen molar-refractivity contribution in [2.75, 3.05) is 13.2 Å². The molecule has 4 nitrogen and oxygen atoms in total. The van der Waals surface area contributed by atoms with Crippen molar-refractivity contribution in [2.45, 2.75) is 63.0 Å². The smallest absolute Gasteiger partial charge is 0.407 e. The van der Waals surface area contributed by atoms with E-state index in [2.05, 4.69) is 21.2 Å². The van der Waals surface area contributed by atoms with E-state index < -0.39 is 5.60 Å². The fourth-order valence-corrected chi connectivity index (χ4v) is 2.45. The van der Waals surface area contributed by atoms with E-state index in [4.69, 9.17) is 9.47 Å². The van der Waals surface area contributed by atoms with Crippen molar-refractivity contribution in [1.29, 1.82) is 0 Å². The molecule has 0 heterocycles. The van der Waals surface area contributed by atoms with Crippen LogP contribution in [0.1, 0.15) is 46.5 Å². The first kappa shape index (κ1) is 15.8. The van der Waals surface area contributed by atoms with Crippen LogP contribution in [0.3, 0.4) is 0 Å². The predicted molar refractivity (Wildman–Crippen MR) is 75.2 cm³/mol. The summed E-state index contributed by atoms with van der Waals surface area (Å²) in [4.78, 5) is 12.0. The Balaban J connectivity index is 1.88. The highest BCUT2D eigenvalue weighted by Crippen LogP contribution is 2.29. The number of ether oxygens (including phenoxy) is 2. The molecule has 1 amide bonds. The van der Waals surface area contributed by atoms with Crippen LogP contribution in [0.5, 0.6) is 0 Å². The van der Waals surface area contributed by atoms with E-state index in [0.717, 1.165) is 32.3 Å². The maximum absolute atomic E-state index is 11.3. The SMILES string of the molecule is CC(C)(C)OC(=O)NCCCCOC1CC(Br)C1. The molecule has 0 spiro atoms. The zero-order chi connectivity index (χ0) is 13.6. The minimum absolute atomic E-state index is 0.343. The highest BCUT2D eigenvalue weighted by atomic mass is 79.9. The van der Waals surface area contributed by atoms with Gasteiger partial charge in [-0.2, -0.15) is 0 Å². The molecule has 1 aliphatic rings. The summed E-state index contributed by atoms with van der Waals surface area (Å²) in [5, 5.41) is 2.74. The number of unbranched alkanes of at least 4 members (excludes halogenated alkanes) is 1. The Morgan fingerprint density at radius 1 is 1.33 bits per heavy atom. The molecule has 1 fully saturated rings. The minimum Gasteiger partial charge on any atom is -0.444 e. The van der Waals surface area contributed by atoms with Crippen LogP contribution in [-0.4, -0.2) is 35.8 Å². The normalized spacial score (nSPS) is 23.3. The van der Waals surface area contributed by atoms with Crippen molar-refractivity contribution in [2.24, 2.45) is 0 Å². The van der Waals surface area contributed by atoms with Crippen LogP contribution in [0.4, 0.5) is 4.79 Å². The molecule has 0 aliphatic heterocycles. The predicted octanol–water partition coefficient (Wildman–Crippen LogP) is 3.23. The number of rotatable bonds is 6. The largest absolute Gasteiger partial charge is 0.444 e. The number of alkyl carbamates (subject to hydrolysis) is 1. The van der Waals surface area contributed by atoms with Crippen molar-refractivity contribution in [3.8, 4) is 0 Å². The van der Waals surface area contributed by atoms with Gasteiger partial charge in [-0.15, -0.1) is 0 Å². The standard InChI is InChI=1S/C13H24BrNO3/c1-13(2,3)18-12(16)15-6-4-5-7-17-11-8-10(14)9-11/h10-11H,4-9H2,1-3H3,(H,15,16). The third-order valence-electron chi connectivity index (χ3n) is 2.63. The number of halogens is 1. The van der Waals surface area contributed by atoms with Crippen LogP contribution >= 0.6 is 15.9 Å². The molecule has 106 valence electrons. The number of carbonyl (C=O) groups is 1. The first-order valence-electron chi connectivity index (χ1n) is 6.59. The lowest BCUT2D eigenvalue weighted by atomic mass is 9.96. The van der Waals surface area contributed by atoms with Crippen LogP contribution in [0, 0.1) is 0 Å². The van der Waals surface area contributed by atoms with Crippen LogP contribution in [0.25, 0.3) is 0 Å². The molecule has 0 aromatic carbocycles. The molecule has 0 aromatic rings. The van der Waals surface area contributed by atoms with Gasteiger partial charge in [0.25, 0.3) is 0 Å². The van der Waals surface area contributed by atoms with E-state index in [0.29, 0.717) is 17.5 Å². The Hall–Kier alpha value is -0.290. The van der Waals surface area contributed by atoms with Crippen molar-refractivity contribution in [1.82, 2.24) is 5.32 Å². The lowest BCUT2D eigenvalue weighted by Gasteiger charge is -2.31. The molecule has 5 heteroatoms. The summed E-state index contributed by atoms with van der Waals surface area (Å²) in [5.41, 5.74) is -0.427. The van der Waals surface area contributed by atoms with Crippen molar-refractivity contribution in [3.63, 3.8) is 0 Å². The molecule has 0 radical (unpaired) electrons. The fourth-order valence-electron chi connectivity index (χ4n) is 1.62. The highest BCUT2D eigenvalue weighted by Gasteiger charge is 2.26. The van der Waals surface area contributed by atoms with E-state index >= 15 is 0 Å². The summed E-state index contributed by atoms with van der Waals surface area (Å²) in [6.07, 6.45) is 4.23. The van der Waals surface area contributed by atoms with Gasteiger partial charge in [-0.05, 0) is 46.5 Å². The molecule has 0 bridgehead atoms. The summed E-state index contributed by atoms with van der Waals surface area (Å²) < 4.78 is 10.8. The molecule has 1 aliphatic carbocycles. The van der Waals surface area contributed by atoms with Crippen molar-refractivity contribution in [3.05, 3.63) is 0 Å². The molecule has 1 rings (SSSR count). The second-order valence-electron chi connectivity index (χ2n) is 5.70. The summed E-state index contributed by atoms with van der Waals surface area (Å²) in [6, 6.07) is 0. The first-order valence-corrected chi connectivity index (χ1v) is 7.51. The van der Waals surface area contributed by atoms with Crippen molar-refractivity contribution < 1.29 is 14.3 Å². The summed E-state index contributed by atoms with van der Waals surface area (Å²) in [7, 11) is 0. The average Bonchev–Trinajstić information content (AvgIpc) is 2.17. The lowest BCUT2D eigenvalue weighted by molar-refractivity contribution is 0.00546. The second kappa shape index (κ2) is 7.34. The molecule has 0 aromatic heterocycles. The van der Waals surface area contributed by atoms with Gasteiger partial charge < -0.3 is 14.8 Å². The molecule has 18 heavy (non-hydrogen) atoms. The van der Waals surface area contributed by atoms with Crippen LogP contribution in [0.2, 0.25) is 0 Å². The Kier molecular flexibility index (Phi) is 6.43. The minimum atomic E-state index is -0.427. The Bertz CT molecular complexity index is 259. The third kappa shape index (κ3) is 7.21. The summed E-state index contributed by atoms with van der Waals surface area (Å²) in [5.74, 6) is 0. The molecule has 1 N–H and O–H groups in total. The van der Waals surface area contributed by atoms with Gasteiger partial charge in [0.2, 0.25) is 0 Å². The van der Waals surface area contributed by atoms with E-state index in [1.165, 1.54) is 0 Å². The van der Waals surface area contributed by atoms with Gasteiger partial charge in [0.1, 0.15) is 5.60 Å². The fraction of sp³-hybridized carbons (Fsp3) is 0.923. The quantitative estimate of drug-likeness (QED) is 0.603. The Morgan fingerprint density at radius 3 is 2.56 bits per heavy atom. The molecule has 0 atom stereocenters. The number of carbonyl (C=O) groups excluding carboxylic acids is 1. The van der Waals surface area contributed by atoms with Gasteiger partial charge in [0, 0.05) is 18.0 Å². The topological polar surface area (TPSA) is 47.6 Å². The lowest BCUT2D eigenvalue weighted by Crippen LogP contribution is -2.33. The maximum atomic E-state index is 11.3. The number of nitrogens with one attached hydrogen (secondary N) is 1. The molecule has 1 saturated carbocycles. The van der Waals surface area contributed by atoms with Gasteiger partial charge >= 0.3 is 6.09 Å². The third-order valence-corrected chi connectivity index (χ3v) is 3.38. The maximum Gasteiger partial charge on any atom is 0.407 e. The zero-order valence-electron chi connectivity index (χ0n) is 11.5. The molecular weight excluding hydrogens is 298 g/mol. The van der Waals surface area contributed by atoms with E-state index in [-0.39, 0.29) is 6.09 Å². The van der Waals surface area contributed by atoms with Gasteiger partial charge in [0.15, 0.2) is 0 Å². The number of hydrogen-bond donors (Lipinski definition) is 1. The number of hydrogen-bond acceptors (Lipinski definition) is 3. The van der Waals surface area contributed by atoms with Gasteiger partial charge in [0.05, 0.1) is 6.10 Å². The number of alkyl halides is 1. The number of amides is 1. The van der Waals surface area contributed by atoms with Gasteiger partial charge in [-0.1, -0.05) is 15.9 Å². The average molecular weight is 322 g/mol. The summed E-state index contributed by atoms with van der Waals surface area (Å²) >= 11 is 3.53. The molecule has 0 unspecified atom stereocenters. The molecule has 0 saturated heterocycles. The van der Waals surface area contributed by atoms with Crippen LogP contribution < -0.4 is 5.32 Å². The van der Waals surface area contributed by atoms with Gasteiger partial charge in [-0.3, -0.25) is 0 Å². The van der Waals surface area contributed by atoms with E-state index in [9.17, 15) is 4.79 Å². The molecular formula is C13H24BrNO3. The van der Waals surface area contributed by atoms with Gasteiger partial charge in [-0.25, -0.2) is 4.79 Å². The van der Waals surface area contributed by atoms with Crippen LogP contribution in [0.15, 0.2) is 0 Å². The first-order chi connectivity index (χ1) is 8.37. The Labute approximate surface area is 118 Å². The Morgan fingerprint density at radius 2 is 2.00 bits per heavy atom. The van der Waals surface area contributed by atoms with E-state index in [1.807, 2.05) is 20.8 Å². The van der Waals surface area contributed by atoms with Crippen molar-refractivity contribution >= 4 is 22.0 Å². The zero-order valence-corrected chi connectivity index (χ0v) is 13.1. The highest BCUT2D eigenvalue weighted by molar-refractivity contribution is 9.09. The second-order valence-corrected chi connectivity index (χ2v) is 6.99.